The maximum absolute atomic E-state index is 12.5. The highest BCUT2D eigenvalue weighted by Crippen LogP contribution is 2.43. The third-order valence-corrected chi connectivity index (χ3v) is 5.99. The second-order valence-electron chi connectivity index (χ2n) is 9.57. The van der Waals surface area contributed by atoms with Gasteiger partial charge in [-0.05, 0) is 29.6 Å². The van der Waals surface area contributed by atoms with E-state index in [-0.39, 0.29) is 23.0 Å². The van der Waals surface area contributed by atoms with Crippen molar-refractivity contribution in [3.63, 3.8) is 0 Å². The number of Topliss-reactive ketones (excluding diaryl/α,β-unsaturated/α-hetero) is 1. The van der Waals surface area contributed by atoms with E-state index in [1.54, 1.807) is 0 Å². The minimum Gasteiger partial charge on any atom is -0.356 e. The van der Waals surface area contributed by atoms with Gasteiger partial charge in [-0.25, -0.2) is 0 Å². The number of amides is 1. The number of carbonyl (C=O) groups is 2. The predicted octanol–water partition coefficient (Wildman–Crippen LogP) is 5.09. The van der Waals surface area contributed by atoms with Gasteiger partial charge in [0, 0.05) is 24.3 Å². The van der Waals surface area contributed by atoms with Gasteiger partial charge in [-0.1, -0.05) is 69.2 Å². The van der Waals surface area contributed by atoms with Crippen molar-refractivity contribution in [3.8, 4) is 0 Å². The summed E-state index contributed by atoms with van der Waals surface area (Å²) < 4.78 is 0. The third kappa shape index (κ3) is 6.57. The molecule has 0 fully saturated rings. The van der Waals surface area contributed by atoms with Gasteiger partial charge in [-0.15, -0.1) is 0 Å². The van der Waals surface area contributed by atoms with E-state index in [4.69, 9.17) is 0 Å². The minimum atomic E-state index is -0.518. The third-order valence-electron chi connectivity index (χ3n) is 5.99. The van der Waals surface area contributed by atoms with Crippen LogP contribution in [0, 0.1) is 34.5 Å². The van der Waals surface area contributed by atoms with Crippen molar-refractivity contribution in [2.24, 2.45) is 34.5 Å². The number of hydrogen-bond acceptors (Lipinski definition) is 2. The molecule has 24 heavy (non-hydrogen) atoms. The van der Waals surface area contributed by atoms with Crippen molar-refractivity contribution < 1.29 is 9.59 Å². The highest BCUT2D eigenvalue weighted by atomic mass is 16.1. The van der Waals surface area contributed by atoms with E-state index in [0.29, 0.717) is 30.7 Å². The lowest BCUT2D eigenvalue weighted by Crippen LogP contribution is -2.45. The van der Waals surface area contributed by atoms with Crippen LogP contribution in [0.15, 0.2) is 0 Å². The molecule has 0 saturated carbocycles. The van der Waals surface area contributed by atoms with Gasteiger partial charge in [-0.3, -0.25) is 9.59 Å². The van der Waals surface area contributed by atoms with Crippen molar-refractivity contribution in [3.05, 3.63) is 0 Å². The number of hydrogen-bond donors (Lipinski definition) is 1. The summed E-state index contributed by atoms with van der Waals surface area (Å²) in [7, 11) is 0. The van der Waals surface area contributed by atoms with Gasteiger partial charge in [-0.2, -0.15) is 0 Å². The van der Waals surface area contributed by atoms with Crippen molar-refractivity contribution in [2.45, 2.75) is 82.1 Å². The molecule has 2 atom stereocenters. The summed E-state index contributed by atoms with van der Waals surface area (Å²) in [5.41, 5.74) is -0.886. The van der Waals surface area contributed by atoms with Crippen LogP contribution in [0.4, 0.5) is 0 Å². The van der Waals surface area contributed by atoms with Crippen molar-refractivity contribution in [1.29, 1.82) is 0 Å². The first-order valence-electron chi connectivity index (χ1n) is 9.53. The molecule has 1 N–H and O–H groups in total. The largest absolute Gasteiger partial charge is 0.356 e. The van der Waals surface area contributed by atoms with Crippen LogP contribution in [0.3, 0.4) is 0 Å². The molecule has 3 heteroatoms. The van der Waals surface area contributed by atoms with Crippen molar-refractivity contribution >= 4 is 11.7 Å². The van der Waals surface area contributed by atoms with Crippen molar-refractivity contribution in [2.75, 3.05) is 6.54 Å². The molecule has 1 amide bonds. The molecule has 0 aliphatic carbocycles. The number of nitrogens with one attached hydrogen (secondary N) is 1. The molecule has 3 nitrogen and oxygen atoms in total. The average Bonchev–Trinajstić information content (AvgIpc) is 2.43. The van der Waals surface area contributed by atoms with Crippen LogP contribution >= 0.6 is 0 Å². The zero-order chi connectivity index (χ0) is 19.3. The average molecular weight is 340 g/mol. The molecule has 0 aliphatic rings. The molecule has 0 radical (unpaired) electrons. The molecule has 0 bridgehead atoms. The van der Waals surface area contributed by atoms with E-state index < -0.39 is 5.41 Å². The van der Waals surface area contributed by atoms with Crippen LogP contribution < -0.4 is 5.32 Å². The molecular weight excluding hydrogens is 298 g/mol. The van der Waals surface area contributed by atoms with Gasteiger partial charge in [0.1, 0.15) is 5.78 Å². The molecule has 0 aromatic rings. The van der Waals surface area contributed by atoms with Crippen molar-refractivity contribution in [1.82, 2.24) is 5.32 Å². The van der Waals surface area contributed by atoms with Crippen LogP contribution in [-0.2, 0) is 9.59 Å². The summed E-state index contributed by atoms with van der Waals surface area (Å²) in [6.45, 7) is 21.5. The van der Waals surface area contributed by atoms with E-state index in [0.717, 1.165) is 6.42 Å². The maximum atomic E-state index is 12.5. The quantitative estimate of drug-likeness (QED) is 0.602. The van der Waals surface area contributed by atoms with Crippen LogP contribution in [0.1, 0.15) is 82.1 Å². The van der Waals surface area contributed by atoms with E-state index in [1.807, 2.05) is 41.5 Å². The fourth-order valence-corrected chi connectivity index (χ4v) is 3.02. The molecule has 0 aromatic carbocycles. The first-order chi connectivity index (χ1) is 10.7. The summed E-state index contributed by atoms with van der Waals surface area (Å²) in [6, 6.07) is 0. The van der Waals surface area contributed by atoms with Gasteiger partial charge in [0.05, 0.1) is 0 Å². The topological polar surface area (TPSA) is 46.2 Å². The summed E-state index contributed by atoms with van der Waals surface area (Å²) in [5, 5.41) is 3.07. The van der Waals surface area contributed by atoms with Gasteiger partial charge in [0.25, 0.3) is 0 Å². The molecule has 0 spiro atoms. The molecule has 2 unspecified atom stereocenters. The van der Waals surface area contributed by atoms with E-state index in [1.165, 1.54) is 0 Å². The fraction of sp³-hybridized carbons (Fsp3) is 0.905. The molecule has 0 heterocycles. The number of ketones is 1. The summed E-state index contributed by atoms with van der Waals surface area (Å²) in [5.74, 6) is 2.06. The molecule has 0 aliphatic heterocycles. The van der Waals surface area contributed by atoms with Crippen LogP contribution in [-0.4, -0.2) is 18.2 Å². The van der Waals surface area contributed by atoms with E-state index in [9.17, 15) is 9.59 Å². The second kappa shape index (κ2) is 9.01. The van der Waals surface area contributed by atoms with Gasteiger partial charge in [0.2, 0.25) is 5.91 Å². The van der Waals surface area contributed by atoms with Crippen LogP contribution in [0.5, 0.6) is 0 Å². The Morgan fingerprint density at radius 3 is 1.83 bits per heavy atom. The SMILES string of the molecule is CC(CNC(=O)CC(C)(C)C(C)(C)C(=O)C(C)C)CC(C)C(C)C. The van der Waals surface area contributed by atoms with Gasteiger partial charge in [0.15, 0.2) is 0 Å². The Hall–Kier alpha value is -0.860. The number of rotatable bonds is 10. The predicted molar refractivity (Wildman–Crippen MR) is 103 cm³/mol. The monoisotopic (exact) mass is 339 g/mol. The first-order valence-corrected chi connectivity index (χ1v) is 9.53. The zero-order valence-corrected chi connectivity index (χ0v) is 17.7. The Labute approximate surface area is 150 Å². The lowest BCUT2D eigenvalue weighted by atomic mass is 9.62. The normalized spacial score (nSPS) is 15.5. The van der Waals surface area contributed by atoms with Gasteiger partial charge < -0.3 is 5.32 Å². The van der Waals surface area contributed by atoms with E-state index in [2.05, 4.69) is 33.0 Å². The first kappa shape index (κ1) is 23.1. The molecule has 142 valence electrons. The lowest BCUT2D eigenvalue weighted by molar-refractivity contribution is -0.138. The van der Waals surface area contributed by atoms with Gasteiger partial charge >= 0.3 is 0 Å². The summed E-state index contributed by atoms with van der Waals surface area (Å²) >= 11 is 0. The summed E-state index contributed by atoms with van der Waals surface area (Å²) in [6.07, 6.45) is 1.50. The van der Waals surface area contributed by atoms with Crippen LogP contribution in [0.25, 0.3) is 0 Å². The Balaban J connectivity index is 4.62. The van der Waals surface area contributed by atoms with Crippen LogP contribution in [0.2, 0.25) is 0 Å². The molecule has 0 aromatic heterocycles. The molecule has 0 rings (SSSR count). The Kier molecular flexibility index (Phi) is 8.69. The minimum absolute atomic E-state index is 0.0140. The second-order valence-corrected chi connectivity index (χ2v) is 9.57. The Morgan fingerprint density at radius 2 is 1.42 bits per heavy atom. The highest BCUT2D eigenvalue weighted by molar-refractivity contribution is 5.87. The number of carbonyl (C=O) groups excluding carboxylic acids is 2. The van der Waals surface area contributed by atoms with E-state index >= 15 is 0 Å². The molecule has 0 saturated heterocycles. The Morgan fingerprint density at radius 1 is 0.917 bits per heavy atom. The molecular formula is C21H41NO2. The smallest absolute Gasteiger partial charge is 0.220 e. The fourth-order valence-electron chi connectivity index (χ4n) is 3.02. The lowest BCUT2D eigenvalue weighted by Gasteiger charge is -2.41. The highest BCUT2D eigenvalue weighted by Gasteiger charge is 2.44. The maximum Gasteiger partial charge on any atom is 0.220 e. The standard InChI is InChI=1S/C21H41NO2/c1-14(2)17(6)11-16(5)13-22-18(23)12-20(7,8)21(9,10)19(24)15(3)4/h14-17H,11-13H2,1-10H3,(H,22,23). The summed E-state index contributed by atoms with van der Waals surface area (Å²) in [4.78, 5) is 24.9. The zero-order valence-electron chi connectivity index (χ0n) is 17.7. The Bertz CT molecular complexity index is 422.